The lowest BCUT2D eigenvalue weighted by Crippen LogP contribution is -2.27. The Morgan fingerprint density at radius 3 is 2.45 bits per heavy atom. The number of anilines is 2. The molecule has 0 aromatic heterocycles. The monoisotopic (exact) mass is 313 g/mol. The maximum absolute atomic E-state index is 11.7. The number of allylic oxidation sites excluding steroid dienone is 2. The van der Waals surface area contributed by atoms with Gasteiger partial charge in [0.1, 0.15) is 23.9 Å². The quantitative estimate of drug-likeness (QED) is 0.838. The van der Waals surface area contributed by atoms with E-state index in [9.17, 15) is 8.42 Å². The summed E-state index contributed by atoms with van der Waals surface area (Å²) in [4.78, 5) is 0. The Morgan fingerprint density at radius 1 is 1.23 bits per heavy atom. The van der Waals surface area contributed by atoms with E-state index in [1.54, 1.807) is 36.4 Å². The van der Waals surface area contributed by atoms with Gasteiger partial charge < -0.3 is 5.32 Å². The molecule has 0 unspecified atom stereocenters. The molecule has 110 valence electrons. The van der Waals surface area contributed by atoms with Gasteiger partial charge in [0.2, 0.25) is 10.0 Å². The first kappa shape index (κ1) is 15.4. The number of rotatable bonds is 3. The van der Waals surface area contributed by atoms with E-state index in [0.29, 0.717) is 24.3 Å². The highest BCUT2D eigenvalue weighted by molar-refractivity contribution is 7.92. The highest BCUT2D eigenvalue weighted by atomic mass is 32.2. The lowest BCUT2D eigenvalue weighted by atomic mass is 10.1. The zero-order valence-electron chi connectivity index (χ0n) is 11.7. The maximum atomic E-state index is 11.7. The number of nitrogens with one attached hydrogen (secondary N) is 1. The van der Waals surface area contributed by atoms with Gasteiger partial charge in [-0.1, -0.05) is 0 Å². The number of nitriles is 3. The van der Waals surface area contributed by atoms with E-state index in [2.05, 4.69) is 5.32 Å². The average molecular weight is 313 g/mol. The van der Waals surface area contributed by atoms with Crippen molar-refractivity contribution in [1.29, 1.82) is 15.8 Å². The molecule has 22 heavy (non-hydrogen) atoms. The van der Waals surface area contributed by atoms with Gasteiger partial charge in [0.05, 0.1) is 11.9 Å². The molecule has 1 aromatic carbocycles. The summed E-state index contributed by atoms with van der Waals surface area (Å²) in [5.41, 5.74) is 1.51. The van der Waals surface area contributed by atoms with Gasteiger partial charge >= 0.3 is 0 Å². The van der Waals surface area contributed by atoms with Crippen molar-refractivity contribution in [2.24, 2.45) is 0 Å². The summed E-state index contributed by atoms with van der Waals surface area (Å²) in [5.74, 6) is 0. The Bertz CT molecular complexity index is 865. The molecule has 0 amide bonds. The molecule has 0 aliphatic carbocycles. The Kier molecular flexibility index (Phi) is 4.03. The molecule has 0 saturated heterocycles. The summed E-state index contributed by atoms with van der Waals surface area (Å²) in [6.45, 7) is 0.375. The van der Waals surface area contributed by atoms with Crippen molar-refractivity contribution < 1.29 is 8.42 Å². The van der Waals surface area contributed by atoms with Gasteiger partial charge in [-0.15, -0.1) is 0 Å². The van der Waals surface area contributed by atoms with Gasteiger partial charge in [0, 0.05) is 12.2 Å². The van der Waals surface area contributed by atoms with Crippen molar-refractivity contribution in [2.45, 2.75) is 6.42 Å². The molecule has 0 fully saturated rings. The van der Waals surface area contributed by atoms with Crippen LogP contribution in [0.4, 0.5) is 11.4 Å². The molecule has 0 spiro atoms. The Balaban J connectivity index is 2.36. The van der Waals surface area contributed by atoms with Crippen LogP contribution in [-0.4, -0.2) is 21.2 Å². The van der Waals surface area contributed by atoms with E-state index in [1.807, 2.05) is 0 Å². The predicted molar refractivity (Wildman–Crippen MR) is 79.8 cm³/mol. The Labute approximate surface area is 128 Å². The summed E-state index contributed by atoms with van der Waals surface area (Å²) in [6.07, 6.45) is 1.71. The van der Waals surface area contributed by atoms with Gasteiger partial charge in [-0.2, -0.15) is 15.8 Å². The molecule has 0 radical (unpaired) electrons. The third-order valence-electron chi connectivity index (χ3n) is 3.19. The van der Waals surface area contributed by atoms with E-state index in [0.717, 1.165) is 11.8 Å². The zero-order valence-corrected chi connectivity index (χ0v) is 12.5. The SMILES string of the molecule is CS(=O)(=O)N1CCc2cc(NC(C#N)=C(C#N)C#N)ccc21. The molecule has 0 bridgehead atoms. The van der Waals surface area contributed by atoms with Crippen LogP contribution < -0.4 is 9.62 Å². The van der Waals surface area contributed by atoms with E-state index < -0.39 is 10.0 Å². The number of sulfonamides is 1. The fourth-order valence-corrected chi connectivity index (χ4v) is 3.18. The second-order valence-corrected chi connectivity index (χ2v) is 6.55. The molecule has 1 heterocycles. The zero-order chi connectivity index (χ0) is 16.3. The molecule has 1 aliphatic heterocycles. The minimum Gasteiger partial charge on any atom is -0.345 e. The molecule has 8 heteroatoms. The summed E-state index contributed by atoms with van der Waals surface area (Å²) in [5, 5.41) is 29.3. The van der Waals surface area contributed by atoms with Crippen molar-refractivity contribution in [3.05, 3.63) is 35.0 Å². The topological polar surface area (TPSA) is 121 Å². The first-order valence-electron chi connectivity index (χ1n) is 6.23. The van der Waals surface area contributed by atoms with Gasteiger partial charge in [-0.3, -0.25) is 4.31 Å². The van der Waals surface area contributed by atoms with Crippen molar-refractivity contribution in [3.63, 3.8) is 0 Å². The van der Waals surface area contributed by atoms with E-state index >= 15 is 0 Å². The summed E-state index contributed by atoms with van der Waals surface area (Å²) >= 11 is 0. The number of hydrogen-bond donors (Lipinski definition) is 1. The Hall–Kier alpha value is -3.02. The normalized spacial score (nSPS) is 12.5. The van der Waals surface area contributed by atoms with Crippen LogP contribution in [0.5, 0.6) is 0 Å². The van der Waals surface area contributed by atoms with Crippen LogP contribution in [0.25, 0.3) is 0 Å². The molecule has 2 rings (SSSR count). The number of benzene rings is 1. The molecular formula is C14H11N5O2S. The predicted octanol–water partition coefficient (Wildman–Crippen LogP) is 1.25. The van der Waals surface area contributed by atoms with Gasteiger partial charge in [0.15, 0.2) is 5.57 Å². The average Bonchev–Trinajstić information content (AvgIpc) is 2.90. The number of nitrogens with zero attached hydrogens (tertiary/aromatic N) is 4. The highest BCUT2D eigenvalue weighted by Gasteiger charge is 2.26. The molecule has 0 atom stereocenters. The highest BCUT2D eigenvalue weighted by Crippen LogP contribution is 2.32. The van der Waals surface area contributed by atoms with E-state index in [-0.39, 0.29) is 11.3 Å². The fraction of sp³-hybridized carbons (Fsp3) is 0.214. The summed E-state index contributed by atoms with van der Waals surface area (Å²) in [7, 11) is -3.31. The standard InChI is InChI=1S/C14H11N5O2S/c1-22(20,21)19-5-4-10-6-12(2-3-14(10)19)18-13(9-17)11(7-15)8-16/h2-3,6,18H,4-5H2,1H3. The van der Waals surface area contributed by atoms with Crippen molar-refractivity contribution in [2.75, 3.05) is 22.4 Å². The molecular weight excluding hydrogens is 302 g/mol. The first-order chi connectivity index (χ1) is 10.4. The van der Waals surface area contributed by atoms with Crippen molar-refractivity contribution in [1.82, 2.24) is 0 Å². The minimum atomic E-state index is -3.31. The number of hydrogen-bond acceptors (Lipinski definition) is 6. The van der Waals surface area contributed by atoms with Gasteiger partial charge in [0.25, 0.3) is 0 Å². The molecule has 1 aromatic rings. The third-order valence-corrected chi connectivity index (χ3v) is 4.37. The molecule has 1 N–H and O–H groups in total. The van der Waals surface area contributed by atoms with Gasteiger partial charge in [-0.25, -0.2) is 8.42 Å². The second kappa shape index (κ2) is 5.77. The van der Waals surface area contributed by atoms with E-state index in [4.69, 9.17) is 15.8 Å². The van der Waals surface area contributed by atoms with Crippen LogP contribution in [0.1, 0.15) is 5.56 Å². The van der Waals surface area contributed by atoms with E-state index in [1.165, 1.54) is 4.31 Å². The third kappa shape index (κ3) is 2.85. The molecule has 1 aliphatic rings. The van der Waals surface area contributed by atoms with Crippen molar-refractivity contribution in [3.8, 4) is 18.2 Å². The van der Waals surface area contributed by atoms with Gasteiger partial charge in [-0.05, 0) is 30.2 Å². The van der Waals surface area contributed by atoms with Crippen LogP contribution >= 0.6 is 0 Å². The fourth-order valence-electron chi connectivity index (χ4n) is 2.22. The van der Waals surface area contributed by atoms with Crippen LogP contribution in [0.15, 0.2) is 29.5 Å². The van der Waals surface area contributed by atoms with Crippen LogP contribution in [0, 0.1) is 34.0 Å². The maximum Gasteiger partial charge on any atom is 0.232 e. The lowest BCUT2D eigenvalue weighted by molar-refractivity contribution is 0.598. The second-order valence-electron chi connectivity index (χ2n) is 4.64. The van der Waals surface area contributed by atoms with Crippen molar-refractivity contribution >= 4 is 21.4 Å². The van der Waals surface area contributed by atoms with Crippen LogP contribution in [0.2, 0.25) is 0 Å². The Morgan fingerprint density at radius 2 is 1.91 bits per heavy atom. The first-order valence-corrected chi connectivity index (χ1v) is 8.07. The smallest absolute Gasteiger partial charge is 0.232 e. The minimum absolute atomic E-state index is 0.136. The molecule has 0 saturated carbocycles. The van der Waals surface area contributed by atoms with Crippen LogP contribution in [-0.2, 0) is 16.4 Å². The molecule has 7 nitrogen and oxygen atoms in total. The largest absolute Gasteiger partial charge is 0.345 e. The lowest BCUT2D eigenvalue weighted by Gasteiger charge is -2.16. The number of fused-ring (bicyclic) bond motifs is 1. The summed E-state index contributed by atoms with van der Waals surface area (Å²) < 4.78 is 24.6. The summed E-state index contributed by atoms with van der Waals surface area (Å²) in [6, 6.07) is 10.0. The van der Waals surface area contributed by atoms with Crippen LogP contribution in [0.3, 0.4) is 0 Å².